The first-order valence-corrected chi connectivity index (χ1v) is 11.4. The van der Waals surface area contributed by atoms with Gasteiger partial charge < -0.3 is 11.1 Å². The number of pyridine rings is 2. The summed E-state index contributed by atoms with van der Waals surface area (Å²) in [6.45, 7) is 4.50. The van der Waals surface area contributed by atoms with Crippen LogP contribution in [0.5, 0.6) is 0 Å². The lowest BCUT2D eigenvalue weighted by atomic mass is 10.0. The zero-order valence-electron chi connectivity index (χ0n) is 19.8. The number of fused-ring (bicyclic) bond motifs is 1. The van der Waals surface area contributed by atoms with Gasteiger partial charge >= 0.3 is 0 Å². The van der Waals surface area contributed by atoms with Crippen LogP contribution in [0.3, 0.4) is 0 Å². The van der Waals surface area contributed by atoms with Gasteiger partial charge in [-0.25, -0.2) is 0 Å². The molecule has 6 nitrogen and oxygen atoms in total. The Kier molecular flexibility index (Phi) is 6.97. The lowest BCUT2D eigenvalue weighted by Gasteiger charge is -2.11. The lowest BCUT2D eigenvalue weighted by molar-refractivity contribution is 0.0950. The quantitative estimate of drug-likeness (QED) is 0.323. The van der Waals surface area contributed by atoms with E-state index >= 15 is 0 Å². The molecule has 2 heterocycles. The van der Waals surface area contributed by atoms with Gasteiger partial charge in [-0.2, -0.15) is 0 Å². The van der Waals surface area contributed by atoms with Gasteiger partial charge in [-0.1, -0.05) is 43.3 Å². The molecule has 0 fully saturated rings. The second-order valence-corrected chi connectivity index (χ2v) is 8.33. The number of amides is 1. The van der Waals surface area contributed by atoms with E-state index in [-0.39, 0.29) is 5.91 Å². The van der Waals surface area contributed by atoms with Gasteiger partial charge in [0.1, 0.15) is 5.84 Å². The number of benzene rings is 2. The largest absolute Gasteiger partial charge is 0.384 e. The SMILES string of the molecule is CCc1cc(CNC(=O)c2ccnc(Cc3ccc4ccc(C)nc4c3)c2)ccc1C(N)=NC. The highest BCUT2D eigenvalue weighted by Crippen LogP contribution is 2.18. The van der Waals surface area contributed by atoms with E-state index in [1.807, 2.05) is 31.2 Å². The fourth-order valence-electron chi connectivity index (χ4n) is 4.00. The summed E-state index contributed by atoms with van der Waals surface area (Å²) < 4.78 is 0. The molecule has 6 heteroatoms. The Morgan fingerprint density at radius 3 is 2.62 bits per heavy atom. The van der Waals surface area contributed by atoms with Crippen LogP contribution in [-0.2, 0) is 19.4 Å². The molecule has 4 aromatic rings. The van der Waals surface area contributed by atoms with E-state index < -0.39 is 0 Å². The first-order valence-electron chi connectivity index (χ1n) is 11.4. The van der Waals surface area contributed by atoms with E-state index in [0.717, 1.165) is 51.0 Å². The van der Waals surface area contributed by atoms with E-state index in [9.17, 15) is 4.79 Å². The third-order valence-electron chi connectivity index (χ3n) is 5.88. The fourth-order valence-corrected chi connectivity index (χ4v) is 4.00. The molecule has 1 amide bonds. The Labute approximate surface area is 200 Å². The van der Waals surface area contributed by atoms with Crippen molar-refractivity contribution in [2.75, 3.05) is 7.05 Å². The van der Waals surface area contributed by atoms with Crippen molar-refractivity contribution in [2.24, 2.45) is 10.7 Å². The first kappa shape index (κ1) is 23.1. The van der Waals surface area contributed by atoms with E-state index in [2.05, 4.69) is 57.5 Å². The zero-order chi connectivity index (χ0) is 24.1. The number of nitrogens with two attached hydrogens (primary N) is 1. The van der Waals surface area contributed by atoms with Crippen molar-refractivity contribution >= 4 is 22.6 Å². The summed E-state index contributed by atoms with van der Waals surface area (Å²) in [4.78, 5) is 26.0. The van der Waals surface area contributed by atoms with Crippen molar-refractivity contribution < 1.29 is 4.79 Å². The van der Waals surface area contributed by atoms with E-state index in [4.69, 9.17) is 5.73 Å². The maximum Gasteiger partial charge on any atom is 0.251 e. The van der Waals surface area contributed by atoms with Crippen LogP contribution in [0, 0.1) is 6.92 Å². The summed E-state index contributed by atoms with van der Waals surface area (Å²) in [5.41, 5.74) is 13.6. The standard InChI is InChI=1S/C28H29N5O/c1-4-21-13-20(7-10-25(21)27(29)30-3)17-32-28(34)23-11-12-31-24(16-23)14-19-6-9-22-8-5-18(2)33-26(22)15-19/h5-13,15-16H,4,14,17H2,1-3H3,(H2,29,30)(H,32,34). The third kappa shape index (κ3) is 5.29. The van der Waals surface area contributed by atoms with Crippen molar-refractivity contribution in [1.82, 2.24) is 15.3 Å². The number of aliphatic imine (C=N–C) groups is 1. The number of carbonyl (C=O) groups is 1. The highest BCUT2D eigenvalue weighted by atomic mass is 16.1. The summed E-state index contributed by atoms with van der Waals surface area (Å²) in [5.74, 6) is 0.394. The molecule has 0 aliphatic heterocycles. The second kappa shape index (κ2) is 10.3. The van der Waals surface area contributed by atoms with Crippen molar-refractivity contribution in [3.05, 3.63) is 106 Å². The normalized spacial score (nSPS) is 11.6. The molecule has 172 valence electrons. The molecule has 0 saturated carbocycles. The number of amidine groups is 1. The number of aryl methyl sites for hydroxylation is 2. The van der Waals surface area contributed by atoms with Crippen molar-refractivity contribution in [3.8, 4) is 0 Å². The summed E-state index contributed by atoms with van der Waals surface area (Å²) in [6.07, 6.45) is 3.16. The van der Waals surface area contributed by atoms with Gasteiger partial charge in [0, 0.05) is 54.1 Å². The van der Waals surface area contributed by atoms with Gasteiger partial charge in [-0.05, 0) is 54.3 Å². The fraction of sp³-hybridized carbons (Fsp3) is 0.214. The van der Waals surface area contributed by atoms with Gasteiger partial charge in [0.2, 0.25) is 0 Å². The Bertz CT molecular complexity index is 1380. The molecule has 0 saturated heterocycles. The van der Waals surface area contributed by atoms with Gasteiger partial charge in [0.15, 0.2) is 0 Å². The Hall–Kier alpha value is -4.06. The summed E-state index contributed by atoms with van der Waals surface area (Å²) in [5, 5.41) is 4.12. The van der Waals surface area contributed by atoms with Crippen LogP contribution >= 0.6 is 0 Å². The maximum absolute atomic E-state index is 12.8. The van der Waals surface area contributed by atoms with Crippen molar-refractivity contribution in [3.63, 3.8) is 0 Å². The zero-order valence-corrected chi connectivity index (χ0v) is 19.8. The minimum Gasteiger partial charge on any atom is -0.384 e. The number of hydrogen-bond donors (Lipinski definition) is 2. The predicted molar refractivity (Wildman–Crippen MR) is 137 cm³/mol. The van der Waals surface area contributed by atoms with Crippen molar-refractivity contribution in [1.29, 1.82) is 0 Å². The molecule has 0 atom stereocenters. The van der Waals surface area contributed by atoms with E-state index in [1.165, 1.54) is 0 Å². The summed E-state index contributed by atoms with van der Waals surface area (Å²) in [6, 6.07) is 19.9. The monoisotopic (exact) mass is 451 g/mol. The number of aromatic nitrogens is 2. The average Bonchev–Trinajstić information content (AvgIpc) is 2.86. The van der Waals surface area contributed by atoms with E-state index in [0.29, 0.717) is 24.4 Å². The summed E-state index contributed by atoms with van der Waals surface area (Å²) in [7, 11) is 1.68. The molecule has 4 rings (SSSR count). The Morgan fingerprint density at radius 2 is 1.82 bits per heavy atom. The number of nitrogens with one attached hydrogen (secondary N) is 1. The number of carbonyl (C=O) groups excluding carboxylic acids is 1. The van der Waals surface area contributed by atoms with Crippen LogP contribution in [0.2, 0.25) is 0 Å². The maximum atomic E-state index is 12.8. The molecular formula is C28H29N5O. The molecule has 0 aliphatic rings. The van der Waals surface area contributed by atoms with Crippen LogP contribution < -0.4 is 11.1 Å². The molecule has 0 bridgehead atoms. The van der Waals surface area contributed by atoms with Crippen LogP contribution in [0.15, 0.2) is 71.9 Å². The molecule has 2 aromatic heterocycles. The minimum absolute atomic E-state index is 0.129. The molecular weight excluding hydrogens is 422 g/mol. The Morgan fingerprint density at radius 1 is 1.03 bits per heavy atom. The highest BCUT2D eigenvalue weighted by molar-refractivity contribution is 5.99. The van der Waals surface area contributed by atoms with Crippen LogP contribution in [0.1, 0.15) is 50.9 Å². The molecule has 2 aromatic carbocycles. The van der Waals surface area contributed by atoms with E-state index in [1.54, 1.807) is 19.3 Å². The van der Waals surface area contributed by atoms with Crippen LogP contribution in [-0.4, -0.2) is 28.8 Å². The van der Waals surface area contributed by atoms with Gasteiger partial charge in [0.25, 0.3) is 5.91 Å². The second-order valence-electron chi connectivity index (χ2n) is 8.33. The van der Waals surface area contributed by atoms with Crippen molar-refractivity contribution in [2.45, 2.75) is 33.2 Å². The summed E-state index contributed by atoms with van der Waals surface area (Å²) >= 11 is 0. The molecule has 3 N–H and O–H groups in total. The molecule has 0 unspecified atom stereocenters. The number of rotatable bonds is 7. The van der Waals surface area contributed by atoms with Gasteiger partial charge in [-0.3, -0.25) is 19.8 Å². The first-order chi connectivity index (χ1) is 16.5. The third-order valence-corrected chi connectivity index (χ3v) is 5.88. The lowest BCUT2D eigenvalue weighted by Crippen LogP contribution is -2.23. The predicted octanol–water partition coefficient (Wildman–Crippen LogP) is 4.36. The minimum atomic E-state index is -0.129. The number of nitrogens with zero attached hydrogens (tertiary/aromatic N) is 3. The molecule has 0 spiro atoms. The highest BCUT2D eigenvalue weighted by Gasteiger charge is 2.10. The van der Waals surface area contributed by atoms with Crippen LogP contribution in [0.4, 0.5) is 0 Å². The topological polar surface area (TPSA) is 93.3 Å². The molecule has 0 radical (unpaired) electrons. The Balaban J connectivity index is 1.45. The van der Waals surface area contributed by atoms with Gasteiger partial charge in [0.05, 0.1) is 5.52 Å². The average molecular weight is 452 g/mol. The smallest absolute Gasteiger partial charge is 0.251 e. The molecule has 34 heavy (non-hydrogen) atoms. The molecule has 0 aliphatic carbocycles. The number of hydrogen-bond acceptors (Lipinski definition) is 4. The van der Waals surface area contributed by atoms with Crippen LogP contribution in [0.25, 0.3) is 10.9 Å². The van der Waals surface area contributed by atoms with Gasteiger partial charge in [-0.15, -0.1) is 0 Å².